The summed E-state index contributed by atoms with van der Waals surface area (Å²) in [6.07, 6.45) is 3.14. The molecule has 6 nitrogen and oxygen atoms in total. The van der Waals surface area contributed by atoms with Gasteiger partial charge in [-0.15, -0.1) is 0 Å². The Morgan fingerprint density at radius 2 is 2.00 bits per heavy atom. The van der Waals surface area contributed by atoms with Crippen molar-refractivity contribution < 1.29 is 9.59 Å². The third-order valence-electron chi connectivity index (χ3n) is 4.87. The van der Waals surface area contributed by atoms with Crippen LogP contribution in [-0.4, -0.2) is 34.2 Å². The molecule has 0 fully saturated rings. The van der Waals surface area contributed by atoms with Crippen molar-refractivity contribution in [2.45, 2.75) is 38.8 Å². The Bertz CT molecular complexity index is 934. The quantitative estimate of drug-likeness (QED) is 0.713. The van der Waals surface area contributed by atoms with Crippen LogP contribution >= 0.6 is 15.9 Å². The normalized spacial score (nSPS) is 19.5. The second-order valence-electron chi connectivity index (χ2n) is 6.64. The van der Waals surface area contributed by atoms with Gasteiger partial charge in [-0.3, -0.25) is 14.5 Å². The molecule has 142 valence electrons. The summed E-state index contributed by atoms with van der Waals surface area (Å²) in [4.78, 5) is 31.7. The Morgan fingerprint density at radius 3 is 2.56 bits per heavy atom. The second-order valence-corrected chi connectivity index (χ2v) is 7.55. The fraction of sp³-hybridized carbons (Fsp3) is 0.350. The molecule has 2 heterocycles. The van der Waals surface area contributed by atoms with Crippen molar-refractivity contribution in [3.8, 4) is 0 Å². The Hall–Kier alpha value is -2.41. The summed E-state index contributed by atoms with van der Waals surface area (Å²) >= 11 is 3.47. The van der Waals surface area contributed by atoms with Crippen LogP contribution in [0, 0.1) is 0 Å². The molecule has 0 aliphatic carbocycles. The zero-order chi connectivity index (χ0) is 19.8. The molecule has 1 aromatic heterocycles. The van der Waals surface area contributed by atoms with Gasteiger partial charge in [0.1, 0.15) is 0 Å². The van der Waals surface area contributed by atoms with Crippen molar-refractivity contribution >= 4 is 33.6 Å². The highest BCUT2D eigenvalue weighted by Gasteiger charge is 2.50. The van der Waals surface area contributed by atoms with Gasteiger partial charge in [-0.1, -0.05) is 41.9 Å². The summed E-state index contributed by atoms with van der Waals surface area (Å²) in [6, 6.07) is 9.26. The molecule has 2 N–H and O–H groups in total. The number of likely N-dealkylation sites (N-methyl/N-ethyl adjacent to an activating group) is 1. The summed E-state index contributed by atoms with van der Waals surface area (Å²) < 4.78 is 2.76. The maximum Gasteiger partial charge on any atom is 0.266 e. The van der Waals surface area contributed by atoms with Gasteiger partial charge in [0.15, 0.2) is 17.3 Å². The van der Waals surface area contributed by atoms with Crippen molar-refractivity contribution in [1.82, 2.24) is 9.47 Å². The smallest absolute Gasteiger partial charge is 0.266 e. The molecule has 3 rings (SSSR count). The van der Waals surface area contributed by atoms with Crippen LogP contribution in [0.1, 0.15) is 48.3 Å². The first kappa shape index (κ1) is 19.4. The molecule has 1 aliphatic rings. The van der Waals surface area contributed by atoms with Gasteiger partial charge in [0.05, 0.1) is 5.69 Å². The third-order valence-corrected chi connectivity index (χ3v) is 5.36. The van der Waals surface area contributed by atoms with E-state index in [0.29, 0.717) is 29.8 Å². The van der Waals surface area contributed by atoms with E-state index in [0.717, 1.165) is 10.9 Å². The molecule has 0 saturated carbocycles. The van der Waals surface area contributed by atoms with Crippen LogP contribution in [0.25, 0.3) is 0 Å². The van der Waals surface area contributed by atoms with Crippen molar-refractivity contribution in [1.29, 1.82) is 0 Å². The van der Waals surface area contributed by atoms with Gasteiger partial charge in [0.2, 0.25) is 0 Å². The monoisotopic (exact) mass is 430 g/mol. The average Bonchev–Trinajstić information content (AvgIpc) is 3.17. The zero-order valence-corrected chi connectivity index (χ0v) is 17.3. The van der Waals surface area contributed by atoms with Crippen molar-refractivity contribution in [2.24, 2.45) is 10.7 Å². The summed E-state index contributed by atoms with van der Waals surface area (Å²) in [6.45, 7) is 4.58. The SMILES string of the molecule is CCCn1cc(C2(c3cccc(Br)c3)N=C(N)N(C)C2=O)cc1C(=O)CC. The number of hydrogen-bond donors (Lipinski definition) is 1. The van der Waals surface area contributed by atoms with Gasteiger partial charge >= 0.3 is 0 Å². The van der Waals surface area contributed by atoms with Crippen molar-refractivity contribution in [2.75, 3.05) is 7.05 Å². The lowest BCUT2D eigenvalue weighted by atomic mass is 9.84. The number of amides is 1. The number of carbonyl (C=O) groups excluding carboxylic acids is 2. The molecular formula is C20H23BrN4O2. The van der Waals surface area contributed by atoms with Crippen LogP contribution in [-0.2, 0) is 16.9 Å². The highest BCUT2D eigenvalue weighted by atomic mass is 79.9. The fourth-order valence-corrected chi connectivity index (χ4v) is 3.85. The van der Waals surface area contributed by atoms with Gasteiger partial charge in [-0.25, -0.2) is 4.99 Å². The maximum atomic E-state index is 13.3. The summed E-state index contributed by atoms with van der Waals surface area (Å²) in [5.41, 5.74) is 6.69. The predicted octanol–water partition coefficient (Wildman–Crippen LogP) is 3.28. The van der Waals surface area contributed by atoms with E-state index in [4.69, 9.17) is 5.73 Å². The van der Waals surface area contributed by atoms with E-state index < -0.39 is 5.54 Å². The lowest BCUT2D eigenvalue weighted by Gasteiger charge is -2.25. The molecule has 1 unspecified atom stereocenters. The third kappa shape index (κ3) is 3.10. The van der Waals surface area contributed by atoms with E-state index >= 15 is 0 Å². The number of nitrogens with zero attached hydrogens (tertiary/aromatic N) is 3. The predicted molar refractivity (Wildman–Crippen MR) is 109 cm³/mol. The molecule has 0 spiro atoms. The van der Waals surface area contributed by atoms with Crippen LogP contribution in [0.4, 0.5) is 0 Å². The molecule has 1 amide bonds. The summed E-state index contributed by atoms with van der Waals surface area (Å²) in [7, 11) is 1.61. The van der Waals surface area contributed by atoms with Crippen LogP contribution in [0.2, 0.25) is 0 Å². The lowest BCUT2D eigenvalue weighted by molar-refractivity contribution is -0.129. The Balaban J connectivity index is 2.28. The van der Waals surface area contributed by atoms with E-state index in [-0.39, 0.29) is 17.6 Å². The lowest BCUT2D eigenvalue weighted by Crippen LogP contribution is -2.41. The summed E-state index contributed by atoms with van der Waals surface area (Å²) in [5, 5.41) is 0. The minimum absolute atomic E-state index is 0.0369. The molecule has 1 aromatic carbocycles. The van der Waals surface area contributed by atoms with E-state index in [2.05, 4.69) is 27.8 Å². The van der Waals surface area contributed by atoms with Crippen molar-refractivity contribution in [3.05, 3.63) is 57.8 Å². The first-order chi connectivity index (χ1) is 12.8. The summed E-state index contributed by atoms with van der Waals surface area (Å²) in [5.74, 6) is -0.0383. The number of rotatable bonds is 6. The largest absolute Gasteiger partial charge is 0.369 e. The molecular weight excluding hydrogens is 408 g/mol. The minimum Gasteiger partial charge on any atom is -0.369 e. The molecule has 1 atom stereocenters. The number of benzene rings is 1. The van der Waals surface area contributed by atoms with E-state index in [1.165, 1.54) is 4.90 Å². The molecule has 0 saturated heterocycles. The second kappa shape index (κ2) is 7.31. The van der Waals surface area contributed by atoms with Crippen LogP contribution in [0.5, 0.6) is 0 Å². The highest BCUT2D eigenvalue weighted by molar-refractivity contribution is 9.10. The number of halogens is 1. The Morgan fingerprint density at radius 1 is 1.26 bits per heavy atom. The zero-order valence-electron chi connectivity index (χ0n) is 15.7. The number of aryl methyl sites for hydroxylation is 1. The van der Waals surface area contributed by atoms with Gasteiger partial charge in [0.25, 0.3) is 5.91 Å². The standard InChI is InChI=1S/C20H23BrN4O2/c1-4-9-25-12-14(11-16(25)17(26)5-2)20(13-7-6-8-15(21)10-13)18(27)24(3)19(22)23-20/h6-8,10-12H,4-5,9H2,1-3H3,(H2,22,23). The molecule has 0 bridgehead atoms. The first-order valence-electron chi connectivity index (χ1n) is 8.98. The van der Waals surface area contributed by atoms with Crippen LogP contribution in [0.3, 0.4) is 0 Å². The molecule has 7 heteroatoms. The first-order valence-corrected chi connectivity index (χ1v) is 9.77. The number of aliphatic imine (C=N–C) groups is 1. The van der Waals surface area contributed by atoms with Gasteiger partial charge in [-0.2, -0.15) is 0 Å². The number of nitrogens with two attached hydrogens (primary N) is 1. The molecule has 1 aliphatic heterocycles. The Labute approximate surface area is 167 Å². The van der Waals surface area contributed by atoms with E-state index in [1.807, 2.05) is 42.0 Å². The minimum atomic E-state index is -1.29. The highest BCUT2D eigenvalue weighted by Crippen LogP contribution is 2.41. The van der Waals surface area contributed by atoms with Gasteiger partial charge in [0, 0.05) is 36.2 Å². The van der Waals surface area contributed by atoms with Crippen molar-refractivity contribution in [3.63, 3.8) is 0 Å². The average molecular weight is 431 g/mol. The number of Topliss-reactive ketones (excluding diaryl/α,β-unsaturated/α-hetero) is 1. The topological polar surface area (TPSA) is 80.7 Å². The number of carbonyl (C=O) groups is 2. The number of hydrogen-bond acceptors (Lipinski definition) is 4. The Kier molecular flexibility index (Phi) is 5.24. The molecule has 0 radical (unpaired) electrons. The van der Waals surface area contributed by atoms with E-state index in [1.54, 1.807) is 13.1 Å². The van der Waals surface area contributed by atoms with Crippen LogP contribution in [0.15, 0.2) is 46.0 Å². The molecule has 27 heavy (non-hydrogen) atoms. The number of aromatic nitrogens is 1. The molecule has 2 aromatic rings. The number of ketones is 1. The van der Waals surface area contributed by atoms with Crippen LogP contribution < -0.4 is 5.73 Å². The maximum absolute atomic E-state index is 13.3. The van der Waals surface area contributed by atoms with Gasteiger partial charge < -0.3 is 10.3 Å². The van der Waals surface area contributed by atoms with Gasteiger partial charge in [-0.05, 0) is 30.2 Å². The van der Waals surface area contributed by atoms with E-state index in [9.17, 15) is 9.59 Å². The number of guanidine groups is 1. The fourth-order valence-electron chi connectivity index (χ4n) is 3.45.